The summed E-state index contributed by atoms with van der Waals surface area (Å²) < 4.78 is 10.9. The fourth-order valence-electron chi connectivity index (χ4n) is 2.71. The van der Waals surface area contributed by atoms with E-state index in [0.29, 0.717) is 30.8 Å². The van der Waals surface area contributed by atoms with Crippen LogP contribution in [0, 0.1) is 0 Å². The topological polar surface area (TPSA) is 50.7 Å². The first-order chi connectivity index (χ1) is 10.2. The van der Waals surface area contributed by atoms with Crippen molar-refractivity contribution in [3.63, 3.8) is 0 Å². The third-order valence-corrected chi connectivity index (χ3v) is 4.27. The summed E-state index contributed by atoms with van der Waals surface area (Å²) in [6.07, 6.45) is 3.11. The summed E-state index contributed by atoms with van der Waals surface area (Å²) in [7, 11) is 1.74. The van der Waals surface area contributed by atoms with Gasteiger partial charge in [-0.3, -0.25) is 0 Å². The van der Waals surface area contributed by atoms with Crippen LogP contribution in [0.3, 0.4) is 0 Å². The molecule has 3 unspecified atom stereocenters. The maximum absolute atomic E-state index is 9.95. The van der Waals surface area contributed by atoms with Gasteiger partial charge in [0.25, 0.3) is 0 Å². The second kappa shape index (κ2) is 8.71. The molecule has 1 aromatic rings. The Kier molecular flexibility index (Phi) is 6.93. The minimum Gasteiger partial charge on any atom is -0.389 e. The van der Waals surface area contributed by atoms with Gasteiger partial charge >= 0.3 is 0 Å². The lowest BCUT2D eigenvalue weighted by Crippen LogP contribution is -2.42. The lowest BCUT2D eigenvalue weighted by Gasteiger charge is -2.21. The first-order valence-electron chi connectivity index (χ1n) is 7.46. The van der Waals surface area contributed by atoms with Gasteiger partial charge in [-0.05, 0) is 30.9 Å². The van der Waals surface area contributed by atoms with E-state index < -0.39 is 6.10 Å². The molecule has 1 aliphatic rings. The molecule has 0 radical (unpaired) electrons. The number of methoxy groups -OCH3 is 1. The first-order valence-corrected chi connectivity index (χ1v) is 7.84. The number of hydrogen-bond donors (Lipinski definition) is 2. The molecule has 0 bridgehead atoms. The second-order valence-electron chi connectivity index (χ2n) is 5.48. The van der Waals surface area contributed by atoms with Crippen molar-refractivity contribution >= 4 is 11.6 Å². The average molecular weight is 314 g/mol. The van der Waals surface area contributed by atoms with Crippen molar-refractivity contribution in [1.82, 2.24) is 5.32 Å². The Morgan fingerprint density at radius 3 is 2.95 bits per heavy atom. The molecule has 0 aromatic heterocycles. The summed E-state index contributed by atoms with van der Waals surface area (Å²) in [5, 5.41) is 14.0. The van der Waals surface area contributed by atoms with E-state index >= 15 is 0 Å². The maximum Gasteiger partial charge on any atom is 0.0897 e. The number of hydrogen-bond acceptors (Lipinski definition) is 4. The van der Waals surface area contributed by atoms with Gasteiger partial charge in [-0.1, -0.05) is 29.8 Å². The van der Waals surface area contributed by atoms with Gasteiger partial charge in [-0.15, -0.1) is 0 Å². The third kappa shape index (κ3) is 5.24. The SMILES string of the molecule is COC1CCCC1NCC(O)COCc1ccccc1Cl. The van der Waals surface area contributed by atoms with Gasteiger partial charge in [-0.25, -0.2) is 0 Å². The quantitative estimate of drug-likeness (QED) is 0.773. The molecule has 5 heteroatoms. The lowest BCUT2D eigenvalue weighted by molar-refractivity contribution is 0.0226. The number of nitrogens with one attached hydrogen (secondary N) is 1. The molecule has 0 spiro atoms. The van der Waals surface area contributed by atoms with Crippen molar-refractivity contribution in [1.29, 1.82) is 0 Å². The predicted octanol–water partition coefficient (Wildman–Crippen LogP) is 2.37. The van der Waals surface area contributed by atoms with Crippen LogP contribution < -0.4 is 5.32 Å². The van der Waals surface area contributed by atoms with Crippen LogP contribution in [0.25, 0.3) is 0 Å². The highest BCUT2D eigenvalue weighted by atomic mass is 35.5. The molecule has 2 rings (SSSR count). The molecule has 3 atom stereocenters. The zero-order valence-corrected chi connectivity index (χ0v) is 13.2. The van der Waals surface area contributed by atoms with E-state index in [1.54, 1.807) is 7.11 Å². The van der Waals surface area contributed by atoms with Crippen molar-refractivity contribution in [2.45, 2.75) is 44.1 Å². The number of aliphatic hydroxyl groups is 1. The Labute approximate surface area is 131 Å². The van der Waals surface area contributed by atoms with Crippen molar-refractivity contribution in [2.24, 2.45) is 0 Å². The minimum atomic E-state index is -0.523. The largest absolute Gasteiger partial charge is 0.389 e. The van der Waals surface area contributed by atoms with Gasteiger partial charge in [0.05, 0.1) is 25.4 Å². The molecule has 1 fully saturated rings. The Hall–Kier alpha value is -0.650. The van der Waals surface area contributed by atoms with Crippen LogP contribution in [0.15, 0.2) is 24.3 Å². The molecule has 21 heavy (non-hydrogen) atoms. The molecule has 0 aliphatic heterocycles. The van der Waals surface area contributed by atoms with Gasteiger partial charge in [-0.2, -0.15) is 0 Å². The van der Waals surface area contributed by atoms with Crippen LogP contribution in [-0.4, -0.2) is 43.6 Å². The number of aliphatic hydroxyl groups excluding tert-OH is 1. The van der Waals surface area contributed by atoms with E-state index in [9.17, 15) is 5.11 Å². The highest BCUT2D eigenvalue weighted by Gasteiger charge is 2.26. The first kappa shape index (κ1) is 16.7. The number of benzene rings is 1. The van der Waals surface area contributed by atoms with Crippen molar-refractivity contribution < 1.29 is 14.6 Å². The fraction of sp³-hybridized carbons (Fsp3) is 0.625. The standard InChI is InChI=1S/C16H24ClNO3/c1-20-16-8-4-7-15(16)18-9-13(19)11-21-10-12-5-2-3-6-14(12)17/h2-3,5-6,13,15-16,18-19H,4,7-11H2,1H3. The van der Waals surface area contributed by atoms with E-state index in [4.69, 9.17) is 21.1 Å². The minimum absolute atomic E-state index is 0.265. The second-order valence-corrected chi connectivity index (χ2v) is 5.89. The van der Waals surface area contributed by atoms with Crippen LogP contribution in [0.1, 0.15) is 24.8 Å². The van der Waals surface area contributed by atoms with E-state index in [0.717, 1.165) is 18.4 Å². The van der Waals surface area contributed by atoms with Crippen LogP contribution in [0.2, 0.25) is 5.02 Å². The van der Waals surface area contributed by atoms with E-state index in [-0.39, 0.29) is 6.10 Å². The highest BCUT2D eigenvalue weighted by molar-refractivity contribution is 6.31. The summed E-state index contributed by atoms with van der Waals surface area (Å²) in [6, 6.07) is 7.91. The summed E-state index contributed by atoms with van der Waals surface area (Å²) in [4.78, 5) is 0. The van der Waals surface area contributed by atoms with E-state index in [1.165, 1.54) is 6.42 Å². The number of rotatable bonds is 8. The van der Waals surface area contributed by atoms with Gasteiger partial charge in [0.15, 0.2) is 0 Å². The van der Waals surface area contributed by atoms with E-state index in [2.05, 4.69) is 5.32 Å². The smallest absolute Gasteiger partial charge is 0.0897 e. The van der Waals surface area contributed by atoms with Crippen molar-refractivity contribution in [3.05, 3.63) is 34.9 Å². The Morgan fingerprint density at radius 1 is 1.38 bits per heavy atom. The van der Waals surface area contributed by atoms with Gasteiger partial charge in [0.2, 0.25) is 0 Å². The number of halogens is 1. The van der Waals surface area contributed by atoms with Crippen LogP contribution in [0.4, 0.5) is 0 Å². The lowest BCUT2D eigenvalue weighted by atomic mass is 10.2. The molecule has 1 saturated carbocycles. The molecule has 0 heterocycles. The molecule has 0 saturated heterocycles. The summed E-state index contributed by atoms with van der Waals surface area (Å²) >= 11 is 6.05. The Morgan fingerprint density at radius 2 is 2.19 bits per heavy atom. The monoisotopic (exact) mass is 313 g/mol. The highest BCUT2D eigenvalue weighted by Crippen LogP contribution is 2.21. The van der Waals surface area contributed by atoms with E-state index in [1.807, 2.05) is 24.3 Å². The maximum atomic E-state index is 9.95. The molecule has 1 aromatic carbocycles. The van der Waals surface area contributed by atoms with Crippen LogP contribution in [-0.2, 0) is 16.1 Å². The zero-order valence-electron chi connectivity index (χ0n) is 12.4. The van der Waals surface area contributed by atoms with Crippen molar-refractivity contribution in [2.75, 3.05) is 20.3 Å². The van der Waals surface area contributed by atoms with Gasteiger partial charge in [0, 0.05) is 24.7 Å². The molecule has 118 valence electrons. The Bertz CT molecular complexity index is 430. The summed E-state index contributed by atoms with van der Waals surface area (Å²) in [5.41, 5.74) is 0.939. The van der Waals surface area contributed by atoms with Gasteiger partial charge in [0.1, 0.15) is 0 Å². The molecule has 4 nitrogen and oxygen atoms in total. The molecular weight excluding hydrogens is 290 g/mol. The normalized spacial score (nSPS) is 23.4. The average Bonchev–Trinajstić information content (AvgIpc) is 2.94. The van der Waals surface area contributed by atoms with Crippen LogP contribution in [0.5, 0.6) is 0 Å². The van der Waals surface area contributed by atoms with Crippen molar-refractivity contribution in [3.8, 4) is 0 Å². The molecular formula is C16H24ClNO3. The fourth-order valence-corrected chi connectivity index (χ4v) is 2.90. The van der Waals surface area contributed by atoms with Crippen LogP contribution >= 0.6 is 11.6 Å². The Balaban J connectivity index is 1.64. The molecule has 2 N–H and O–H groups in total. The predicted molar refractivity (Wildman–Crippen MR) is 83.6 cm³/mol. The third-order valence-electron chi connectivity index (χ3n) is 3.90. The van der Waals surface area contributed by atoms with Gasteiger partial charge < -0.3 is 19.9 Å². The molecule has 0 amide bonds. The number of ether oxygens (including phenoxy) is 2. The zero-order chi connectivity index (χ0) is 15.1. The molecule has 1 aliphatic carbocycles. The summed E-state index contributed by atoms with van der Waals surface area (Å²) in [5.74, 6) is 0. The summed E-state index contributed by atoms with van der Waals surface area (Å²) in [6.45, 7) is 1.23.